The van der Waals surface area contributed by atoms with Gasteiger partial charge in [0.15, 0.2) is 12.1 Å². The van der Waals surface area contributed by atoms with E-state index in [1.54, 1.807) is 18.2 Å². The van der Waals surface area contributed by atoms with Crippen LogP contribution >= 0.6 is 0 Å². The minimum absolute atomic E-state index is 0.0630. The highest BCUT2D eigenvalue weighted by atomic mass is 19.1. The van der Waals surface area contributed by atoms with Gasteiger partial charge in [-0.2, -0.15) is 0 Å². The Balaban J connectivity index is 1.53. The molecule has 1 saturated heterocycles. The van der Waals surface area contributed by atoms with Crippen molar-refractivity contribution in [2.75, 3.05) is 13.7 Å². The lowest BCUT2D eigenvalue weighted by Gasteiger charge is -2.21. The fourth-order valence-electron chi connectivity index (χ4n) is 4.17. The number of benzene rings is 2. The average molecular weight is 510 g/mol. The molecule has 192 valence electrons. The number of hydrogen-bond acceptors (Lipinski definition) is 9. The quantitative estimate of drug-likeness (QED) is 0.263. The molecule has 0 aliphatic carbocycles. The first-order valence-electron chi connectivity index (χ1n) is 11.5. The van der Waals surface area contributed by atoms with Crippen molar-refractivity contribution in [1.82, 2.24) is 5.16 Å². The molecule has 3 heterocycles. The normalized spacial score (nSPS) is 15.6. The fourth-order valence-corrected chi connectivity index (χ4v) is 4.17. The first-order valence-corrected chi connectivity index (χ1v) is 11.5. The molecule has 4 aromatic rings. The third-order valence-electron chi connectivity index (χ3n) is 5.90. The number of fused-ring (bicyclic) bond motifs is 1. The van der Waals surface area contributed by atoms with E-state index < -0.39 is 17.9 Å². The van der Waals surface area contributed by atoms with Crippen LogP contribution in [0.25, 0.3) is 33.6 Å². The molecular formula is C26H23FN2O8. The highest BCUT2D eigenvalue weighted by molar-refractivity contribution is 6.12. The van der Waals surface area contributed by atoms with Gasteiger partial charge in [0, 0.05) is 29.2 Å². The summed E-state index contributed by atoms with van der Waals surface area (Å²) in [5, 5.41) is 4.42. The molecule has 0 saturated carbocycles. The van der Waals surface area contributed by atoms with Crippen LogP contribution in [0.3, 0.4) is 0 Å². The van der Waals surface area contributed by atoms with E-state index in [4.69, 9.17) is 28.9 Å². The van der Waals surface area contributed by atoms with Crippen molar-refractivity contribution in [3.63, 3.8) is 0 Å². The predicted octanol–water partition coefficient (Wildman–Crippen LogP) is 5.18. The van der Waals surface area contributed by atoms with Crippen molar-refractivity contribution in [3.05, 3.63) is 59.6 Å². The van der Waals surface area contributed by atoms with Crippen LogP contribution in [0.15, 0.2) is 51.4 Å². The highest BCUT2D eigenvalue weighted by Gasteiger charge is 2.27. The van der Waals surface area contributed by atoms with Crippen LogP contribution in [0, 0.1) is 5.82 Å². The van der Waals surface area contributed by atoms with Crippen LogP contribution in [-0.2, 0) is 20.8 Å². The van der Waals surface area contributed by atoms with Crippen molar-refractivity contribution >= 4 is 23.0 Å². The van der Waals surface area contributed by atoms with Crippen molar-refractivity contribution < 1.29 is 41.9 Å². The molecule has 0 spiro atoms. The van der Waals surface area contributed by atoms with E-state index in [2.05, 4.69) is 9.89 Å². The molecule has 1 fully saturated rings. The number of halogens is 1. The van der Waals surface area contributed by atoms with Gasteiger partial charge < -0.3 is 33.6 Å². The zero-order chi connectivity index (χ0) is 25.9. The summed E-state index contributed by atoms with van der Waals surface area (Å²) in [4.78, 5) is 24.1. The standard InChI is InChI=1S/C26H23FN2O8/c1-32-20-12-18-21(11-17(20)19-10-16(37-29-19)13-34-22-4-2-3-9-33-22)35-24(14-5-7-15(27)8-6-14)23(18)25(30)36-26(28)31/h5-8,10-12,22H,2-4,9,13H2,1H3,(H2,28,31). The summed E-state index contributed by atoms with van der Waals surface area (Å²) in [7, 11) is 1.46. The van der Waals surface area contributed by atoms with Crippen LogP contribution in [0.4, 0.5) is 9.18 Å². The Hall–Kier alpha value is -4.22. The minimum atomic E-state index is -1.27. The number of furan rings is 1. The largest absolute Gasteiger partial charge is 0.496 e. The molecule has 0 bridgehead atoms. The summed E-state index contributed by atoms with van der Waals surface area (Å²) in [6, 6.07) is 10.2. The summed E-state index contributed by atoms with van der Waals surface area (Å²) >= 11 is 0. The van der Waals surface area contributed by atoms with Crippen LogP contribution in [0.2, 0.25) is 0 Å². The Labute approximate surface area is 210 Å². The average Bonchev–Trinajstić information content (AvgIpc) is 3.52. The number of nitrogens with two attached hydrogens (primary N) is 1. The second-order valence-corrected chi connectivity index (χ2v) is 8.36. The van der Waals surface area contributed by atoms with Gasteiger partial charge in [0.05, 0.1) is 7.11 Å². The van der Waals surface area contributed by atoms with Gasteiger partial charge in [-0.15, -0.1) is 0 Å². The molecule has 1 aliphatic heterocycles. The lowest BCUT2D eigenvalue weighted by atomic mass is 10.0. The van der Waals surface area contributed by atoms with Crippen LogP contribution in [0.5, 0.6) is 5.75 Å². The van der Waals surface area contributed by atoms with Gasteiger partial charge >= 0.3 is 12.1 Å². The molecule has 2 N–H and O–H groups in total. The van der Waals surface area contributed by atoms with E-state index in [0.29, 0.717) is 40.3 Å². The topological polar surface area (TPSA) is 136 Å². The zero-order valence-electron chi connectivity index (χ0n) is 19.8. The maximum Gasteiger partial charge on any atom is 0.412 e. The number of carbonyl (C=O) groups excluding carboxylic acids is 2. The SMILES string of the molecule is COc1cc2c(C(=O)OC(N)=O)c(-c3ccc(F)cc3)oc2cc1-c1cc(COC2CCCCO2)on1. The number of carbonyl (C=O) groups is 2. The molecule has 5 rings (SSSR count). The molecule has 0 radical (unpaired) electrons. The van der Waals surface area contributed by atoms with E-state index in [-0.39, 0.29) is 29.8 Å². The van der Waals surface area contributed by atoms with Crippen molar-refractivity contribution in [1.29, 1.82) is 0 Å². The number of esters is 1. The van der Waals surface area contributed by atoms with Gasteiger partial charge in [-0.1, -0.05) is 5.16 Å². The predicted molar refractivity (Wildman–Crippen MR) is 127 cm³/mol. The van der Waals surface area contributed by atoms with Gasteiger partial charge in [0.1, 0.15) is 40.8 Å². The Bertz CT molecular complexity index is 1440. The van der Waals surface area contributed by atoms with E-state index in [9.17, 15) is 14.0 Å². The van der Waals surface area contributed by atoms with Gasteiger partial charge in [0.25, 0.3) is 0 Å². The van der Waals surface area contributed by atoms with Crippen molar-refractivity contribution in [2.24, 2.45) is 5.73 Å². The van der Waals surface area contributed by atoms with E-state index in [1.807, 2.05) is 0 Å². The van der Waals surface area contributed by atoms with E-state index in [0.717, 1.165) is 19.3 Å². The smallest absolute Gasteiger partial charge is 0.412 e. The molecule has 11 heteroatoms. The Morgan fingerprint density at radius 1 is 1.16 bits per heavy atom. The highest BCUT2D eigenvalue weighted by Crippen LogP contribution is 2.40. The molecule has 1 unspecified atom stereocenters. The Kier molecular flexibility index (Phi) is 6.89. The fraction of sp³-hybridized carbons (Fsp3) is 0.269. The zero-order valence-corrected chi connectivity index (χ0v) is 19.8. The number of aromatic nitrogens is 1. The van der Waals surface area contributed by atoms with Gasteiger partial charge in [-0.05, 0) is 55.7 Å². The first-order chi connectivity index (χ1) is 17.9. The molecule has 37 heavy (non-hydrogen) atoms. The maximum atomic E-state index is 13.5. The second-order valence-electron chi connectivity index (χ2n) is 8.36. The molecule has 1 amide bonds. The summed E-state index contributed by atoms with van der Waals surface area (Å²) in [6.45, 7) is 0.850. The number of amides is 1. The molecule has 1 atom stereocenters. The van der Waals surface area contributed by atoms with Crippen molar-refractivity contribution in [3.8, 4) is 28.3 Å². The summed E-state index contributed by atoms with van der Waals surface area (Å²) in [6.07, 6.45) is 1.33. The third kappa shape index (κ3) is 5.18. The number of rotatable bonds is 7. The van der Waals surface area contributed by atoms with E-state index in [1.165, 1.54) is 31.4 Å². The monoisotopic (exact) mass is 510 g/mol. The Morgan fingerprint density at radius 2 is 1.97 bits per heavy atom. The van der Waals surface area contributed by atoms with Gasteiger partial charge in [0.2, 0.25) is 0 Å². The first kappa shape index (κ1) is 24.5. The number of ether oxygens (including phenoxy) is 4. The van der Waals surface area contributed by atoms with E-state index >= 15 is 0 Å². The second kappa shape index (κ2) is 10.4. The van der Waals surface area contributed by atoms with Crippen molar-refractivity contribution in [2.45, 2.75) is 32.2 Å². The third-order valence-corrected chi connectivity index (χ3v) is 5.90. The summed E-state index contributed by atoms with van der Waals surface area (Å²) in [5.41, 5.74) is 6.62. The number of hydrogen-bond donors (Lipinski definition) is 1. The van der Waals surface area contributed by atoms with Crippen LogP contribution in [0.1, 0.15) is 35.4 Å². The molecule has 2 aromatic carbocycles. The van der Waals surface area contributed by atoms with Crippen LogP contribution in [-0.4, -0.2) is 37.2 Å². The molecular weight excluding hydrogens is 487 g/mol. The molecule has 1 aliphatic rings. The van der Waals surface area contributed by atoms with Gasteiger partial charge in [-0.25, -0.2) is 14.0 Å². The summed E-state index contributed by atoms with van der Waals surface area (Å²) < 4.78 is 46.4. The minimum Gasteiger partial charge on any atom is -0.496 e. The molecule has 10 nitrogen and oxygen atoms in total. The Morgan fingerprint density at radius 3 is 2.68 bits per heavy atom. The summed E-state index contributed by atoms with van der Waals surface area (Å²) in [5.74, 6) is -0.578. The van der Waals surface area contributed by atoms with Gasteiger partial charge in [-0.3, -0.25) is 0 Å². The maximum absolute atomic E-state index is 13.5. The van der Waals surface area contributed by atoms with Crippen LogP contribution < -0.4 is 10.5 Å². The lowest BCUT2D eigenvalue weighted by Crippen LogP contribution is -2.21. The number of primary amides is 1. The lowest BCUT2D eigenvalue weighted by molar-refractivity contribution is -0.171. The number of methoxy groups -OCH3 is 1. The molecule has 2 aromatic heterocycles. The number of nitrogens with zero attached hydrogens (tertiary/aromatic N) is 1.